The van der Waals surface area contributed by atoms with E-state index in [4.69, 9.17) is 14.5 Å². The zero-order valence-corrected chi connectivity index (χ0v) is 20.5. The van der Waals surface area contributed by atoms with Gasteiger partial charge in [0.2, 0.25) is 5.91 Å². The van der Waals surface area contributed by atoms with Crippen molar-refractivity contribution in [3.8, 4) is 11.5 Å². The summed E-state index contributed by atoms with van der Waals surface area (Å²) in [6.07, 6.45) is 0. The summed E-state index contributed by atoms with van der Waals surface area (Å²) >= 11 is 0. The fraction of sp³-hybridized carbons (Fsp3) is 0.364. The standard InChI is InChI=1S/C22H30N4O3.HI/c1-25(2)21(27)15-24-22(23-14-17-10-12-19(28-4)13-11-17)26(3)16-18-8-6-7-9-20(18)29-5;/h6-13H,14-16H2,1-5H3,(H,23,24);1H. The molecule has 0 aliphatic rings. The van der Waals surface area contributed by atoms with E-state index in [0.717, 1.165) is 22.6 Å². The van der Waals surface area contributed by atoms with Gasteiger partial charge in [-0.1, -0.05) is 30.3 Å². The number of nitrogens with one attached hydrogen (secondary N) is 1. The summed E-state index contributed by atoms with van der Waals surface area (Å²) < 4.78 is 10.6. The lowest BCUT2D eigenvalue weighted by Gasteiger charge is -2.24. The fourth-order valence-corrected chi connectivity index (χ4v) is 2.69. The number of likely N-dealkylation sites (N-methyl/N-ethyl adjacent to an activating group) is 1. The van der Waals surface area contributed by atoms with Crippen molar-refractivity contribution < 1.29 is 14.3 Å². The number of rotatable bonds is 8. The quantitative estimate of drug-likeness (QED) is 0.326. The number of methoxy groups -OCH3 is 2. The number of carbonyl (C=O) groups is 1. The fourth-order valence-electron chi connectivity index (χ4n) is 2.69. The van der Waals surface area contributed by atoms with Gasteiger partial charge in [-0.2, -0.15) is 0 Å². The van der Waals surface area contributed by atoms with Crippen molar-refractivity contribution >= 4 is 35.8 Å². The molecule has 1 N–H and O–H groups in total. The van der Waals surface area contributed by atoms with E-state index < -0.39 is 0 Å². The summed E-state index contributed by atoms with van der Waals surface area (Å²) in [7, 11) is 8.70. The maximum absolute atomic E-state index is 12.0. The summed E-state index contributed by atoms with van der Waals surface area (Å²) in [6, 6.07) is 15.6. The van der Waals surface area contributed by atoms with Crippen LogP contribution in [-0.2, 0) is 17.9 Å². The SMILES string of the molecule is COc1ccc(CN=C(NCC(=O)N(C)C)N(C)Cc2ccccc2OC)cc1.I. The van der Waals surface area contributed by atoms with E-state index in [1.807, 2.05) is 60.5 Å². The number of amides is 1. The first kappa shape index (κ1) is 25.5. The predicted octanol–water partition coefficient (Wildman–Crippen LogP) is 2.99. The lowest BCUT2D eigenvalue weighted by Crippen LogP contribution is -2.43. The smallest absolute Gasteiger partial charge is 0.241 e. The third kappa shape index (κ3) is 7.74. The van der Waals surface area contributed by atoms with Crippen molar-refractivity contribution in [2.45, 2.75) is 13.1 Å². The normalized spacial score (nSPS) is 10.6. The third-order valence-electron chi connectivity index (χ3n) is 4.43. The summed E-state index contributed by atoms with van der Waals surface area (Å²) in [5.41, 5.74) is 2.09. The van der Waals surface area contributed by atoms with Crippen LogP contribution in [0.25, 0.3) is 0 Å². The van der Waals surface area contributed by atoms with Crippen LogP contribution in [0.1, 0.15) is 11.1 Å². The van der Waals surface area contributed by atoms with E-state index in [0.29, 0.717) is 19.0 Å². The highest BCUT2D eigenvalue weighted by atomic mass is 127. The molecule has 7 nitrogen and oxygen atoms in total. The van der Waals surface area contributed by atoms with Gasteiger partial charge in [0.25, 0.3) is 0 Å². The molecule has 8 heteroatoms. The van der Waals surface area contributed by atoms with Gasteiger partial charge in [-0.3, -0.25) is 4.79 Å². The monoisotopic (exact) mass is 526 g/mol. The van der Waals surface area contributed by atoms with E-state index >= 15 is 0 Å². The van der Waals surface area contributed by atoms with Crippen LogP contribution in [0.2, 0.25) is 0 Å². The number of hydrogen-bond donors (Lipinski definition) is 1. The number of para-hydroxylation sites is 1. The molecule has 0 aliphatic heterocycles. The average molecular weight is 526 g/mol. The number of benzene rings is 2. The number of halogens is 1. The minimum Gasteiger partial charge on any atom is -0.497 e. The zero-order chi connectivity index (χ0) is 21.2. The van der Waals surface area contributed by atoms with Crippen LogP contribution < -0.4 is 14.8 Å². The highest BCUT2D eigenvalue weighted by Gasteiger charge is 2.12. The van der Waals surface area contributed by atoms with Crippen molar-refractivity contribution in [2.24, 2.45) is 4.99 Å². The molecule has 0 saturated carbocycles. The molecule has 0 heterocycles. The van der Waals surface area contributed by atoms with Crippen molar-refractivity contribution in [2.75, 3.05) is 41.9 Å². The molecule has 0 unspecified atom stereocenters. The van der Waals surface area contributed by atoms with Crippen molar-refractivity contribution in [1.29, 1.82) is 0 Å². The lowest BCUT2D eigenvalue weighted by molar-refractivity contribution is -0.127. The first-order valence-corrected chi connectivity index (χ1v) is 9.39. The number of guanidine groups is 1. The molecule has 30 heavy (non-hydrogen) atoms. The predicted molar refractivity (Wildman–Crippen MR) is 131 cm³/mol. The van der Waals surface area contributed by atoms with Crippen LogP contribution in [0, 0.1) is 0 Å². The molecule has 0 bridgehead atoms. The van der Waals surface area contributed by atoms with Gasteiger partial charge in [0.15, 0.2) is 5.96 Å². The van der Waals surface area contributed by atoms with Gasteiger partial charge in [-0.25, -0.2) is 4.99 Å². The van der Waals surface area contributed by atoms with Crippen LogP contribution in [0.3, 0.4) is 0 Å². The Labute approximate surface area is 196 Å². The Morgan fingerprint density at radius 2 is 1.67 bits per heavy atom. The molecular formula is C22H31IN4O3. The molecular weight excluding hydrogens is 495 g/mol. The Bertz CT molecular complexity index is 825. The Hall–Kier alpha value is -2.49. The van der Waals surface area contributed by atoms with E-state index in [-0.39, 0.29) is 36.4 Å². The van der Waals surface area contributed by atoms with Crippen LogP contribution in [-0.4, -0.2) is 63.6 Å². The second-order valence-electron chi connectivity index (χ2n) is 6.80. The van der Waals surface area contributed by atoms with Crippen LogP contribution >= 0.6 is 24.0 Å². The number of ether oxygens (including phenoxy) is 2. The first-order valence-electron chi connectivity index (χ1n) is 9.39. The van der Waals surface area contributed by atoms with Gasteiger partial charge in [-0.15, -0.1) is 24.0 Å². The second-order valence-corrected chi connectivity index (χ2v) is 6.80. The molecule has 0 aliphatic carbocycles. The molecule has 2 aromatic carbocycles. The van der Waals surface area contributed by atoms with E-state index in [1.54, 1.807) is 33.2 Å². The largest absolute Gasteiger partial charge is 0.497 e. The molecule has 2 rings (SSSR count). The van der Waals surface area contributed by atoms with Crippen molar-refractivity contribution in [3.63, 3.8) is 0 Å². The van der Waals surface area contributed by atoms with E-state index in [1.165, 1.54) is 0 Å². The molecule has 0 atom stereocenters. The maximum Gasteiger partial charge on any atom is 0.241 e. The first-order chi connectivity index (χ1) is 13.9. The van der Waals surface area contributed by atoms with Crippen LogP contribution in [0.4, 0.5) is 0 Å². The highest BCUT2D eigenvalue weighted by molar-refractivity contribution is 14.0. The Morgan fingerprint density at radius 3 is 2.27 bits per heavy atom. The topological polar surface area (TPSA) is 66.4 Å². The number of hydrogen-bond acceptors (Lipinski definition) is 4. The number of nitrogens with zero attached hydrogens (tertiary/aromatic N) is 3. The van der Waals surface area contributed by atoms with Crippen LogP contribution in [0.5, 0.6) is 11.5 Å². The molecule has 2 aromatic rings. The van der Waals surface area contributed by atoms with Gasteiger partial charge in [0.1, 0.15) is 11.5 Å². The van der Waals surface area contributed by atoms with E-state index in [2.05, 4.69) is 5.32 Å². The third-order valence-corrected chi connectivity index (χ3v) is 4.43. The molecule has 0 aromatic heterocycles. The Kier molecular flexibility index (Phi) is 11.0. The molecule has 0 fully saturated rings. The summed E-state index contributed by atoms with van der Waals surface area (Å²) in [4.78, 5) is 20.3. The van der Waals surface area contributed by atoms with E-state index in [9.17, 15) is 4.79 Å². The summed E-state index contributed by atoms with van der Waals surface area (Å²) in [6.45, 7) is 1.25. The molecule has 0 radical (unpaired) electrons. The molecule has 1 amide bonds. The average Bonchev–Trinajstić information content (AvgIpc) is 2.74. The van der Waals surface area contributed by atoms with Gasteiger partial charge in [0, 0.05) is 33.3 Å². The minimum absolute atomic E-state index is 0. The maximum atomic E-state index is 12.0. The van der Waals surface area contributed by atoms with Gasteiger partial charge >= 0.3 is 0 Å². The Morgan fingerprint density at radius 1 is 1.00 bits per heavy atom. The zero-order valence-electron chi connectivity index (χ0n) is 18.2. The van der Waals surface area contributed by atoms with Crippen molar-refractivity contribution in [3.05, 3.63) is 59.7 Å². The van der Waals surface area contributed by atoms with Gasteiger partial charge in [0.05, 0.1) is 27.3 Å². The number of aliphatic imine (C=N–C) groups is 1. The molecule has 0 spiro atoms. The van der Waals surface area contributed by atoms with Crippen molar-refractivity contribution in [1.82, 2.24) is 15.1 Å². The number of carbonyl (C=O) groups excluding carboxylic acids is 1. The van der Waals surface area contributed by atoms with Crippen LogP contribution in [0.15, 0.2) is 53.5 Å². The minimum atomic E-state index is -0.0205. The summed E-state index contributed by atoms with van der Waals surface area (Å²) in [5.74, 6) is 2.24. The van der Waals surface area contributed by atoms with Gasteiger partial charge < -0.3 is 24.6 Å². The van der Waals surface area contributed by atoms with Gasteiger partial charge in [-0.05, 0) is 23.8 Å². The molecule has 164 valence electrons. The molecule has 0 saturated heterocycles. The lowest BCUT2D eigenvalue weighted by atomic mass is 10.2. The Balaban J connectivity index is 0.00000450. The summed E-state index contributed by atoms with van der Waals surface area (Å²) in [5, 5.41) is 3.17. The highest BCUT2D eigenvalue weighted by Crippen LogP contribution is 2.19. The second kappa shape index (κ2) is 12.9.